The number of imide groups is 1. The lowest BCUT2D eigenvalue weighted by Gasteiger charge is -2.17. The molecular weight excluding hydrogens is 376 g/mol. The second kappa shape index (κ2) is 7.59. The lowest BCUT2D eigenvalue weighted by molar-refractivity contribution is -0.145. The van der Waals surface area contributed by atoms with Crippen LogP contribution in [-0.4, -0.2) is 36.0 Å². The van der Waals surface area contributed by atoms with Crippen molar-refractivity contribution in [3.05, 3.63) is 66.2 Å². The molecule has 142 valence electrons. The zero-order chi connectivity index (χ0) is 19.7. The summed E-state index contributed by atoms with van der Waals surface area (Å²) in [6.45, 7) is 0. The maximum Gasteiger partial charge on any atom is 0.331 e. The van der Waals surface area contributed by atoms with Gasteiger partial charge in [-0.15, -0.1) is 11.8 Å². The molecule has 2 aliphatic heterocycles. The molecule has 1 saturated heterocycles. The number of methoxy groups -OCH3 is 1. The van der Waals surface area contributed by atoms with Crippen LogP contribution in [0.5, 0.6) is 0 Å². The van der Waals surface area contributed by atoms with Gasteiger partial charge in [0.2, 0.25) is 11.8 Å². The predicted octanol–water partition coefficient (Wildman–Crippen LogP) is 2.68. The quantitative estimate of drug-likeness (QED) is 0.589. The summed E-state index contributed by atoms with van der Waals surface area (Å²) in [7, 11) is 1.26. The Morgan fingerprint density at radius 1 is 1.04 bits per heavy atom. The van der Waals surface area contributed by atoms with Gasteiger partial charge >= 0.3 is 5.97 Å². The van der Waals surface area contributed by atoms with Crippen molar-refractivity contribution in [1.29, 1.82) is 0 Å². The number of anilines is 1. The van der Waals surface area contributed by atoms with E-state index in [2.05, 4.69) is 4.99 Å². The first-order chi connectivity index (χ1) is 13.6. The number of rotatable bonds is 4. The van der Waals surface area contributed by atoms with Gasteiger partial charge in [0.05, 0.1) is 23.8 Å². The van der Waals surface area contributed by atoms with Gasteiger partial charge in [-0.3, -0.25) is 14.6 Å². The lowest BCUT2D eigenvalue weighted by atomic mass is 9.92. The van der Waals surface area contributed by atoms with E-state index in [9.17, 15) is 14.4 Å². The molecule has 6 nitrogen and oxygen atoms in total. The van der Waals surface area contributed by atoms with Crippen LogP contribution in [0.1, 0.15) is 5.56 Å². The van der Waals surface area contributed by atoms with E-state index < -0.39 is 29.8 Å². The molecule has 7 heteroatoms. The molecule has 2 heterocycles. The molecule has 0 spiro atoms. The van der Waals surface area contributed by atoms with Crippen molar-refractivity contribution in [3.63, 3.8) is 0 Å². The molecule has 3 atom stereocenters. The van der Waals surface area contributed by atoms with Gasteiger partial charge in [0.25, 0.3) is 0 Å². The van der Waals surface area contributed by atoms with Crippen LogP contribution in [0.15, 0.2) is 65.7 Å². The van der Waals surface area contributed by atoms with E-state index in [1.54, 1.807) is 24.3 Å². The molecule has 0 aromatic heterocycles. The molecule has 2 aliphatic rings. The highest BCUT2D eigenvalue weighted by atomic mass is 32.2. The summed E-state index contributed by atoms with van der Waals surface area (Å²) < 4.78 is 4.84. The normalized spacial score (nSPS) is 23.5. The average Bonchev–Trinajstić information content (AvgIpc) is 3.24. The summed E-state index contributed by atoms with van der Waals surface area (Å²) >= 11 is 1.39. The first-order valence-corrected chi connectivity index (χ1v) is 9.85. The van der Waals surface area contributed by atoms with Crippen LogP contribution in [0.3, 0.4) is 0 Å². The molecule has 0 unspecified atom stereocenters. The number of carbonyl (C=O) groups is 3. The van der Waals surface area contributed by atoms with E-state index in [1.165, 1.54) is 23.8 Å². The minimum atomic E-state index is -0.988. The number of benzene rings is 2. The monoisotopic (exact) mass is 394 g/mol. The number of aliphatic imine (C=N–C) groups is 1. The van der Waals surface area contributed by atoms with Crippen molar-refractivity contribution in [1.82, 2.24) is 0 Å². The van der Waals surface area contributed by atoms with Gasteiger partial charge in [-0.2, -0.15) is 0 Å². The number of nitrogens with zero attached hydrogens (tertiary/aromatic N) is 2. The highest BCUT2D eigenvalue weighted by molar-refractivity contribution is 8.13. The Kier molecular flexibility index (Phi) is 5.00. The summed E-state index contributed by atoms with van der Waals surface area (Å²) in [4.78, 5) is 44.0. The predicted molar refractivity (Wildman–Crippen MR) is 107 cm³/mol. The fourth-order valence-corrected chi connectivity index (χ4v) is 4.70. The average molecular weight is 394 g/mol. The number of amides is 2. The molecule has 0 saturated carbocycles. The summed E-state index contributed by atoms with van der Waals surface area (Å²) in [6, 6.07) is 17.5. The zero-order valence-corrected chi connectivity index (χ0v) is 16.0. The van der Waals surface area contributed by atoms with Crippen molar-refractivity contribution in [3.8, 4) is 0 Å². The summed E-state index contributed by atoms with van der Waals surface area (Å²) in [5.74, 6) is -2.34. The summed E-state index contributed by atoms with van der Waals surface area (Å²) in [5.41, 5.74) is 1.58. The SMILES string of the molecule is COC(=O)[C@H]1N=C(SCc2ccccc2)[C@H]2C(=O)N(c3ccccc3)C(=O)[C@H]21. The Morgan fingerprint density at radius 2 is 1.68 bits per heavy atom. The van der Waals surface area contributed by atoms with Crippen LogP contribution >= 0.6 is 11.8 Å². The van der Waals surface area contributed by atoms with Gasteiger partial charge < -0.3 is 4.74 Å². The van der Waals surface area contributed by atoms with Crippen LogP contribution in [-0.2, 0) is 24.9 Å². The Labute approximate surface area is 166 Å². The largest absolute Gasteiger partial charge is 0.467 e. The molecule has 0 aliphatic carbocycles. The number of thioether (sulfide) groups is 1. The number of ether oxygens (including phenoxy) is 1. The van der Waals surface area contributed by atoms with Crippen molar-refractivity contribution in [2.24, 2.45) is 16.8 Å². The van der Waals surface area contributed by atoms with E-state index >= 15 is 0 Å². The third-order valence-corrected chi connectivity index (χ3v) is 6.04. The second-order valence-electron chi connectivity index (χ2n) is 6.56. The molecule has 1 fully saturated rings. The number of fused-ring (bicyclic) bond motifs is 1. The third kappa shape index (κ3) is 3.11. The van der Waals surface area contributed by atoms with Crippen LogP contribution in [0.4, 0.5) is 5.69 Å². The van der Waals surface area contributed by atoms with Crippen LogP contribution in [0, 0.1) is 11.8 Å². The third-order valence-electron chi connectivity index (χ3n) is 4.91. The van der Waals surface area contributed by atoms with Crippen molar-refractivity contribution < 1.29 is 19.1 Å². The van der Waals surface area contributed by atoms with Crippen molar-refractivity contribution >= 4 is 40.3 Å². The first kappa shape index (κ1) is 18.4. The topological polar surface area (TPSA) is 76.0 Å². The van der Waals surface area contributed by atoms with Gasteiger partial charge in [0, 0.05) is 5.75 Å². The van der Waals surface area contributed by atoms with Crippen LogP contribution in [0.25, 0.3) is 0 Å². The maximum absolute atomic E-state index is 13.1. The molecule has 2 aromatic carbocycles. The van der Waals surface area contributed by atoms with Crippen molar-refractivity contribution in [2.45, 2.75) is 11.8 Å². The van der Waals surface area contributed by atoms with Gasteiger partial charge in [0.15, 0.2) is 6.04 Å². The van der Waals surface area contributed by atoms with Gasteiger partial charge in [-0.05, 0) is 17.7 Å². The number of hydrogen-bond acceptors (Lipinski definition) is 6. The zero-order valence-electron chi connectivity index (χ0n) is 15.1. The Balaban J connectivity index is 1.65. The van der Waals surface area contributed by atoms with E-state index in [-0.39, 0.29) is 5.91 Å². The molecule has 2 aromatic rings. The first-order valence-electron chi connectivity index (χ1n) is 8.87. The van der Waals surface area contributed by atoms with Gasteiger partial charge in [-0.1, -0.05) is 48.5 Å². The molecule has 0 bridgehead atoms. The van der Waals surface area contributed by atoms with Crippen LogP contribution in [0.2, 0.25) is 0 Å². The number of esters is 1. The molecule has 2 amide bonds. The standard InChI is InChI=1S/C21H18N2O4S/c1-27-21(26)17-15-16(18(22-17)28-12-13-8-4-2-5-9-13)20(25)23(19(15)24)14-10-6-3-7-11-14/h2-11,15-17H,12H2,1H3/t15-,16+,17+/m1/s1. The highest BCUT2D eigenvalue weighted by Crippen LogP contribution is 2.42. The van der Waals surface area contributed by atoms with E-state index in [0.29, 0.717) is 16.5 Å². The van der Waals surface area contributed by atoms with Gasteiger partial charge in [0.1, 0.15) is 5.92 Å². The fraction of sp³-hybridized carbons (Fsp3) is 0.238. The summed E-state index contributed by atoms with van der Waals surface area (Å²) in [6.07, 6.45) is 0. The molecule has 28 heavy (non-hydrogen) atoms. The Hall–Kier alpha value is -2.93. The smallest absolute Gasteiger partial charge is 0.331 e. The second-order valence-corrected chi connectivity index (χ2v) is 7.56. The van der Waals surface area contributed by atoms with Crippen LogP contribution < -0.4 is 4.90 Å². The van der Waals surface area contributed by atoms with E-state index in [4.69, 9.17) is 4.74 Å². The molecular formula is C21H18N2O4S. The number of carbonyl (C=O) groups excluding carboxylic acids is 3. The van der Waals surface area contributed by atoms with Gasteiger partial charge in [-0.25, -0.2) is 9.69 Å². The Bertz CT molecular complexity index is 945. The molecule has 0 radical (unpaired) electrons. The lowest BCUT2D eigenvalue weighted by Crippen LogP contribution is -2.36. The Morgan fingerprint density at radius 3 is 2.32 bits per heavy atom. The minimum Gasteiger partial charge on any atom is -0.467 e. The van der Waals surface area contributed by atoms with E-state index in [1.807, 2.05) is 36.4 Å². The maximum atomic E-state index is 13.1. The molecule has 0 N–H and O–H groups in total. The minimum absolute atomic E-state index is 0.341. The fourth-order valence-electron chi connectivity index (χ4n) is 3.58. The highest BCUT2D eigenvalue weighted by Gasteiger charge is 2.59. The van der Waals surface area contributed by atoms with Crippen molar-refractivity contribution in [2.75, 3.05) is 12.0 Å². The number of para-hydroxylation sites is 1. The summed E-state index contributed by atoms with van der Waals surface area (Å²) in [5, 5.41) is 0.515. The molecule has 4 rings (SSSR count). The van der Waals surface area contributed by atoms with E-state index in [0.717, 1.165) is 5.56 Å². The number of hydrogen-bond donors (Lipinski definition) is 0.